The smallest absolute Gasteiger partial charge is 0.110 e. The summed E-state index contributed by atoms with van der Waals surface area (Å²) in [6, 6.07) is 14.5. The minimum atomic E-state index is 0.958. The van der Waals surface area contributed by atoms with Crippen molar-refractivity contribution >= 4 is 11.0 Å². The van der Waals surface area contributed by atoms with Gasteiger partial charge in [0.25, 0.3) is 0 Å². The van der Waals surface area contributed by atoms with Crippen molar-refractivity contribution in [2.75, 3.05) is 32.7 Å². The summed E-state index contributed by atoms with van der Waals surface area (Å²) >= 11 is 0. The van der Waals surface area contributed by atoms with Crippen molar-refractivity contribution in [1.29, 1.82) is 0 Å². The van der Waals surface area contributed by atoms with Crippen LogP contribution >= 0.6 is 0 Å². The highest BCUT2D eigenvalue weighted by molar-refractivity contribution is 5.75. The summed E-state index contributed by atoms with van der Waals surface area (Å²) in [6.07, 6.45) is 2.88. The van der Waals surface area contributed by atoms with Crippen LogP contribution in [0.3, 0.4) is 0 Å². The molecule has 0 saturated carbocycles. The van der Waals surface area contributed by atoms with Crippen LogP contribution in [0.25, 0.3) is 11.0 Å². The lowest BCUT2D eigenvalue weighted by atomic mass is 10.2. The summed E-state index contributed by atoms with van der Waals surface area (Å²) in [6.45, 7) is 6.50. The summed E-state index contributed by atoms with van der Waals surface area (Å²) in [5.74, 6) is 1.18. The average molecular weight is 335 g/mol. The monoisotopic (exact) mass is 335 g/mol. The number of aromatic nitrogens is 3. The van der Waals surface area contributed by atoms with Gasteiger partial charge in [0.05, 0.1) is 16.7 Å². The molecule has 4 rings (SSSR count). The Bertz CT molecular complexity index is 818. The van der Waals surface area contributed by atoms with Crippen LogP contribution in [0.5, 0.6) is 0 Å². The first kappa shape index (κ1) is 16.2. The fourth-order valence-electron chi connectivity index (χ4n) is 3.57. The molecule has 0 bridgehead atoms. The third-order valence-electron chi connectivity index (χ3n) is 5.11. The van der Waals surface area contributed by atoms with Crippen LogP contribution < -0.4 is 0 Å². The van der Waals surface area contributed by atoms with Crippen molar-refractivity contribution in [3.8, 4) is 0 Å². The molecule has 0 spiro atoms. The lowest BCUT2D eigenvalue weighted by Crippen LogP contribution is -2.46. The zero-order chi connectivity index (χ0) is 17.1. The molecule has 1 aromatic carbocycles. The number of aryl methyl sites for hydroxylation is 1. The van der Waals surface area contributed by atoms with Gasteiger partial charge in [0.2, 0.25) is 0 Å². The Hall–Kier alpha value is -2.24. The van der Waals surface area contributed by atoms with Crippen LogP contribution in [0.4, 0.5) is 0 Å². The van der Waals surface area contributed by atoms with Crippen molar-refractivity contribution in [2.45, 2.75) is 13.0 Å². The molecule has 0 unspecified atom stereocenters. The van der Waals surface area contributed by atoms with E-state index >= 15 is 0 Å². The topological polar surface area (TPSA) is 37.2 Å². The molecule has 5 nitrogen and oxygen atoms in total. The molecule has 2 aromatic heterocycles. The van der Waals surface area contributed by atoms with Gasteiger partial charge in [-0.3, -0.25) is 9.88 Å². The number of rotatable bonds is 5. The quantitative estimate of drug-likeness (QED) is 0.717. The second-order valence-corrected chi connectivity index (χ2v) is 6.76. The van der Waals surface area contributed by atoms with Crippen molar-refractivity contribution in [3.05, 3.63) is 60.2 Å². The molecule has 5 heteroatoms. The molecule has 130 valence electrons. The number of hydrogen-bond donors (Lipinski definition) is 0. The highest BCUT2D eigenvalue weighted by atomic mass is 15.3. The summed E-state index contributed by atoms with van der Waals surface area (Å²) in [5.41, 5.74) is 3.48. The van der Waals surface area contributed by atoms with E-state index in [9.17, 15) is 0 Å². The first-order valence-corrected chi connectivity index (χ1v) is 9.04. The van der Waals surface area contributed by atoms with Crippen LogP contribution in [-0.2, 0) is 20.0 Å². The van der Waals surface area contributed by atoms with Gasteiger partial charge in [-0.05, 0) is 24.3 Å². The molecule has 0 radical (unpaired) electrons. The number of nitrogens with zero attached hydrogens (tertiary/aromatic N) is 5. The van der Waals surface area contributed by atoms with E-state index in [1.807, 2.05) is 12.3 Å². The SMILES string of the molecule is Cn1c(CCN2CCN(Cc3ccccn3)CC2)nc2ccccc21. The van der Waals surface area contributed by atoms with Gasteiger partial charge >= 0.3 is 0 Å². The van der Waals surface area contributed by atoms with E-state index in [1.54, 1.807) is 0 Å². The average Bonchev–Trinajstić information content (AvgIpc) is 2.98. The molecule has 1 saturated heterocycles. The summed E-state index contributed by atoms with van der Waals surface area (Å²) in [4.78, 5) is 14.3. The molecular weight excluding hydrogens is 310 g/mol. The van der Waals surface area contributed by atoms with E-state index in [1.165, 1.54) is 11.3 Å². The number of imidazole rings is 1. The second-order valence-electron chi connectivity index (χ2n) is 6.76. The largest absolute Gasteiger partial charge is 0.331 e. The van der Waals surface area contributed by atoms with Gasteiger partial charge in [-0.2, -0.15) is 0 Å². The summed E-state index contributed by atoms with van der Waals surface area (Å²) in [7, 11) is 2.12. The second kappa shape index (κ2) is 7.33. The Labute approximate surface area is 148 Å². The van der Waals surface area contributed by atoms with Crippen molar-refractivity contribution in [2.24, 2.45) is 7.05 Å². The van der Waals surface area contributed by atoms with Crippen LogP contribution in [0.1, 0.15) is 11.5 Å². The normalized spacial score (nSPS) is 16.5. The van der Waals surface area contributed by atoms with E-state index in [4.69, 9.17) is 4.98 Å². The van der Waals surface area contributed by atoms with Gasteiger partial charge in [0.15, 0.2) is 0 Å². The first-order valence-electron chi connectivity index (χ1n) is 9.04. The minimum absolute atomic E-state index is 0.958. The molecule has 3 heterocycles. The summed E-state index contributed by atoms with van der Waals surface area (Å²) in [5, 5.41) is 0. The maximum absolute atomic E-state index is 4.79. The number of hydrogen-bond acceptors (Lipinski definition) is 4. The predicted octanol–water partition coefficient (Wildman–Crippen LogP) is 2.33. The van der Waals surface area contributed by atoms with E-state index in [0.29, 0.717) is 0 Å². The van der Waals surface area contributed by atoms with E-state index in [0.717, 1.165) is 56.9 Å². The van der Waals surface area contributed by atoms with Gasteiger partial charge in [-0.25, -0.2) is 4.98 Å². The van der Waals surface area contributed by atoms with E-state index in [-0.39, 0.29) is 0 Å². The Morgan fingerprint density at radius 3 is 2.44 bits per heavy atom. The number of fused-ring (bicyclic) bond motifs is 1. The maximum atomic E-state index is 4.79. The molecule has 3 aromatic rings. The van der Waals surface area contributed by atoms with Gasteiger partial charge < -0.3 is 9.47 Å². The molecule has 1 aliphatic rings. The van der Waals surface area contributed by atoms with Crippen LogP contribution in [0.2, 0.25) is 0 Å². The molecule has 0 atom stereocenters. The summed E-state index contributed by atoms with van der Waals surface area (Å²) < 4.78 is 2.23. The number of benzene rings is 1. The molecule has 1 aliphatic heterocycles. The fourth-order valence-corrected chi connectivity index (χ4v) is 3.57. The third kappa shape index (κ3) is 3.72. The standard InChI is InChI=1S/C20H25N5/c1-23-19-8-3-2-7-18(19)22-20(23)9-11-24-12-14-25(15-13-24)16-17-6-4-5-10-21-17/h2-8,10H,9,11-16H2,1H3. The maximum Gasteiger partial charge on any atom is 0.110 e. The zero-order valence-corrected chi connectivity index (χ0v) is 14.8. The first-order chi connectivity index (χ1) is 12.3. The Morgan fingerprint density at radius 2 is 1.68 bits per heavy atom. The van der Waals surface area contributed by atoms with E-state index in [2.05, 4.69) is 62.8 Å². The Kier molecular flexibility index (Phi) is 4.76. The Morgan fingerprint density at radius 1 is 0.920 bits per heavy atom. The minimum Gasteiger partial charge on any atom is -0.331 e. The van der Waals surface area contributed by atoms with Gasteiger partial charge in [-0.1, -0.05) is 18.2 Å². The number of piperazine rings is 1. The van der Waals surface area contributed by atoms with E-state index < -0.39 is 0 Å². The van der Waals surface area contributed by atoms with Crippen LogP contribution in [-0.4, -0.2) is 57.1 Å². The van der Waals surface area contributed by atoms with Crippen molar-refractivity contribution in [3.63, 3.8) is 0 Å². The number of pyridine rings is 1. The third-order valence-corrected chi connectivity index (χ3v) is 5.11. The Balaban J connectivity index is 1.29. The molecule has 0 aliphatic carbocycles. The molecule has 1 fully saturated rings. The molecule has 0 amide bonds. The lowest BCUT2D eigenvalue weighted by Gasteiger charge is -2.34. The van der Waals surface area contributed by atoms with Crippen LogP contribution in [0.15, 0.2) is 48.7 Å². The van der Waals surface area contributed by atoms with Crippen molar-refractivity contribution < 1.29 is 0 Å². The predicted molar refractivity (Wildman–Crippen MR) is 100 cm³/mol. The zero-order valence-electron chi connectivity index (χ0n) is 14.8. The highest BCUT2D eigenvalue weighted by Gasteiger charge is 2.18. The van der Waals surface area contributed by atoms with Crippen LogP contribution in [0, 0.1) is 0 Å². The van der Waals surface area contributed by atoms with Gasteiger partial charge in [-0.15, -0.1) is 0 Å². The molecule has 0 N–H and O–H groups in total. The lowest BCUT2D eigenvalue weighted by molar-refractivity contribution is 0.126. The molecule has 25 heavy (non-hydrogen) atoms. The van der Waals surface area contributed by atoms with Crippen molar-refractivity contribution in [1.82, 2.24) is 24.3 Å². The van der Waals surface area contributed by atoms with Gasteiger partial charge in [0.1, 0.15) is 5.82 Å². The highest BCUT2D eigenvalue weighted by Crippen LogP contribution is 2.15. The number of para-hydroxylation sites is 2. The fraction of sp³-hybridized carbons (Fsp3) is 0.400. The molecular formula is C20H25N5. The van der Waals surface area contributed by atoms with Gasteiger partial charge in [0, 0.05) is 58.9 Å².